The molecule has 2 heterocycles. The Bertz CT molecular complexity index is 1100. The van der Waals surface area contributed by atoms with Crippen LogP contribution in [0.2, 0.25) is 0 Å². The van der Waals surface area contributed by atoms with Gasteiger partial charge in [-0.3, -0.25) is 0 Å². The van der Waals surface area contributed by atoms with E-state index < -0.39 is 53.8 Å². The summed E-state index contributed by atoms with van der Waals surface area (Å²) < 4.78 is 48.3. The minimum Gasteiger partial charge on any atom is -0.394 e. The normalized spacial score (nSPS) is 25.8. The van der Waals surface area contributed by atoms with Crippen LogP contribution in [0.1, 0.15) is 6.04 Å². The number of hydrogen-bond donors (Lipinski definition) is 3. The average Bonchev–Trinajstić information content (AvgIpc) is 3.23. The lowest BCUT2D eigenvalue weighted by Gasteiger charge is -2.41. The quantitative estimate of drug-likeness (QED) is 0.316. The van der Waals surface area contributed by atoms with Gasteiger partial charge in [0.2, 0.25) is 0 Å². The van der Waals surface area contributed by atoms with Gasteiger partial charge in [0.25, 0.3) is 0 Å². The van der Waals surface area contributed by atoms with E-state index in [1.54, 1.807) is 0 Å². The second kappa shape index (κ2) is 9.65. The highest BCUT2D eigenvalue weighted by Crippen LogP contribution is 2.38. The van der Waals surface area contributed by atoms with Crippen LogP contribution in [-0.2, 0) is 4.74 Å². The molecule has 12 heteroatoms. The van der Waals surface area contributed by atoms with Crippen molar-refractivity contribution >= 4 is 34.4 Å². The maximum Gasteiger partial charge on any atom is 0.194 e. The fourth-order valence-corrected chi connectivity index (χ4v) is 5.28. The topological polar surface area (TPSA) is 101 Å². The second-order valence-electron chi connectivity index (χ2n) is 7.11. The molecule has 7 nitrogen and oxygen atoms in total. The van der Waals surface area contributed by atoms with Crippen molar-refractivity contribution in [3.05, 3.63) is 63.6 Å². The standard InChI is InChI=1S/C20H17F3IN3O4S/c21-12-4-9(5-13(22)16(12)23)14-7-27(26-25-14)17-18(29)15(8-28)31-20(19(17)30)32-11-3-1-2-10(24)6-11/h1-7,15,17-20,28-30H,8H2/t15?,17?,18-,19-,20+/m0/s1. The van der Waals surface area contributed by atoms with Crippen LogP contribution in [0, 0.1) is 21.0 Å². The number of rotatable bonds is 5. The van der Waals surface area contributed by atoms with Gasteiger partial charge < -0.3 is 20.1 Å². The van der Waals surface area contributed by atoms with E-state index in [0.29, 0.717) is 0 Å². The molecule has 3 N–H and O–H groups in total. The van der Waals surface area contributed by atoms with Crippen LogP contribution >= 0.6 is 34.4 Å². The number of halogens is 4. The van der Waals surface area contributed by atoms with E-state index in [1.165, 1.54) is 18.0 Å². The molecule has 170 valence electrons. The second-order valence-corrected chi connectivity index (χ2v) is 9.53. The van der Waals surface area contributed by atoms with Crippen molar-refractivity contribution in [3.8, 4) is 11.3 Å². The van der Waals surface area contributed by atoms with Gasteiger partial charge in [-0.1, -0.05) is 23.0 Å². The van der Waals surface area contributed by atoms with Crippen molar-refractivity contribution in [1.29, 1.82) is 0 Å². The Morgan fingerprint density at radius 2 is 1.81 bits per heavy atom. The first-order valence-corrected chi connectivity index (χ1v) is 11.4. The van der Waals surface area contributed by atoms with Gasteiger partial charge in [-0.2, -0.15) is 0 Å². The number of benzene rings is 2. The number of ether oxygens (including phenoxy) is 1. The molecule has 1 saturated heterocycles. The van der Waals surface area contributed by atoms with Gasteiger partial charge in [0, 0.05) is 14.0 Å². The van der Waals surface area contributed by atoms with Crippen molar-refractivity contribution in [1.82, 2.24) is 15.0 Å². The van der Waals surface area contributed by atoms with Crippen molar-refractivity contribution in [2.75, 3.05) is 6.61 Å². The minimum atomic E-state index is -1.60. The minimum absolute atomic E-state index is 0.0102. The van der Waals surface area contributed by atoms with E-state index in [4.69, 9.17) is 4.74 Å². The number of aliphatic hydroxyl groups is 3. The molecule has 0 amide bonds. The fourth-order valence-electron chi connectivity index (χ4n) is 3.41. The zero-order valence-corrected chi connectivity index (χ0v) is 19.1. The van der Waals surface area contributed by atoms with Gasteiger partial charge in [0.05, 0.1) is 12.8 Å². The summed E-state index contributed by atoms with van der Waals surface area (Å²) in [5.41, 5.74) is -0.907. The molecular formula is C20H17F3IN3O4S. The summed E-state index contributed by atoms with van der Waals surface area (Å²) in [7, 11) is 0. The molecule has 0 saturated carbocycles. The molecule has 5 atom stereocenters. The molecular weight excluding hydrogens is 562 g/mol. The summed E-state index contributed by atoms with van der Waals surface area (Å²) >= 11 is 3.37. The van der Waals surface area contributed by atoms with Gasteiger partial charge in [0.1, 0.15) is 35.5 Å². The molecule has 3 aromatic rings. The first kappa shape index (κ1) is 23.4. The van der Waals surface area contributed by atoms with Crippen molar-refractivity contribution in [2.24, 2.45) is 0 Å². The summed E-state index contributed by atoms with van der Waals surface area (Å²) in [6.07, 6.45) is -2.36. The Kier molecular flexibility index (Phi) is 7.07. The Labute approximate surface area is 198 Å². The Hall–Kier alpha value is -1.71. The van der Waals surface area contributed by atoms with E-state index >= 15 is 0 Å². The van der Waals surface area contributed by atoms with Gasteiger partial charge >= 0.3 is 0 Å². The first-order chi connectivity index (χ1) is 15.3. The van der Waals surface area contributed by atoms with E-state index in [-0.39, 0.29) is 11.3 Å². The Balaban J connectivity index is 1.64. The zero-order valence-electron chi connectivity index (χ0n) is 16.1. The zero-order chi connectivity index (χ0) is 23.0. The highest BCUT2D eigenvalue weighted by atomic mass is 127. The summed E-state index contributed by atoms with van der Waals surface area (Å²) in [5.74, 6) is -4.36. The fraction of sp³-hybridized carbons (Fsp3) is 0.300. The number of nitrogens with zero attached hydrogens (tertiary/aromatic N) is 3. The molecule has 1 fully saturated rings. The third-order valence-electron chi connectivity index (χ3n) is 4.99. The van der Waals surface area contributed by atoms with Crippen LogP contribution < -0.4 is 0 Å². The average molecular weight is 579 g/mol. The van der Waals surface area contributed by atoms with E-state index in [2.05, 4.69) is 32.9 Å². The number of aromatic nitrogens is 3. The smallest absolute Gasteiger partial charge is 0.194 e. The third-order valence-corrected chi connectivity index (χ3v) is 6.81. The SMILES string of the molecule is OCC1O[C@H](Sc2cccc(I)c2)[C@@H](O)C(n2cc(-c3cc(F)c(F)c(F)c3)nn2)[C@H]1O. The highest BCUT2D eigenvalue weighted by Gasteiger charge is 2.46. The maximum absolute atomic E-state index is 13.6. The van der Waals surface area contributed by atoms with Gasteiger partial charge in [-0.15, -0.1) is 5.10 Å². The maximum atomic E-state index is 13.6. The molecule has 2 unspecified atom stereocenters. The summed E-state index contributed by atoms with van der Waals surface area (Å²) in [4.78, 5) is 0.810. The predicted octanol–water partition coefficient (Wildman–Crippen LogP) is 2.74. The summed E-state index contributed by atoms with van der Waals surface area (Å²) in [6.45, 7) is -0.510. The molecule has 1 aromatic heterocycles. The molecule has 1 aliphatic rings. The lowest BCUT2D eigenvalue weighted by molar-refractivity contribution is -0.178. The monoisotopic (exact) mass is 579 g/mol. The van der Waals surface area contributed by atoms with E-state index in [0.717, 1.165) is 25.3 Å². The van der Waals surface area contributed by atoms with Crippen LogP contribution in [0.15, 0.2) is 47.5 Å². The largest absolute Gasteiger partial charge is 0.394 e. The summed E-state index contributed by atoms with van der Waals surface area (Å²) in [6, 6.07) is 7.95. The van der Waals surface area contributed by atoms with Crippen LogP contribution in [0.3, 0.4) is 0 Å². The van der Waals surface area contributed by atoms with Gasteiger partial charge in [0.15, 0.2) is 17.5 Å². The number of aliphatic hydroxyl groups excluding tert-OH is 3. The Morgan fingerprint density at radius 1 is 1.09 bits per heavy atom. The predicted molar refractivity (Wildman–Crippen MR) is 117 cm³/mol. The first-order valence-electron chi connectivity index (χ1n) is 9.40. The van der Waals surface area contributed by atoms with Crippen molar-refractivity contribution < 1.29 is 33.2 Å². The molecule has 0 radical (unpaired) electrons. The third kappa shape index (κ3) is 4.65. The van der Waals surface area contributed by atoms with Crippen molar-refractivity contribution in [3.63, 3.8) is 0 Å². The number of hydrogen-bond acceptors (Lipinski definition) is 7. The van der Waals surface area contributed by atoms with Crippen LogP contribution in [0.25, 0.3) is 11.3 Å². The molecule has 0 aliphatic carbocycles. The lowest BCUT2D eigenvalue weighted by atomic mass is 9.97. The Morgan fingerprint density at radius 3 is 2.47 bits per heavy atom. The molecule has 1 aliphatic heterocycles. The highest BCUT2D eigenvalue weighted by molar-refractivity contribution is 14.1. The molecule has 0 bridgehead atoms. The van der Waals surface area contributed by atoms with E-state index in [1.807, 2.05) is 24.3 Å². The molecule has 2 aromatic carbocycles. The van der Waals surface area contributed by atoms with Crippen LogP contribution in [0.5, 0.6) is 0 Å². The lowest BCUT2D eigenvalue weighted by Crippen LogP contribution is -2.55. The van der Waals surface area contributed by atoms with Gasteiger partial charge in [-0.25, -0.2) is 17.9 Å². The van der Waals surface area contributed by atoms with E-state index in [9.17, 15) is 28.5 Å². The molecule has 4 rings (SSSR count). The van der Waals surface area contributed by atoms with Crippen LogP contribution in [-0.4, -0.2) is 60.7 Å². The molecule has 32 heavy (non-hydrogen) atoms. The summed E-state index contributed by atoms with van der Waals surface area (Å²) in [5, 5.41) is 39.0. The van der Waals surface area contributed by atoms with Gasteiger partial charge in [-0.05, 0) is 52.9 Å². The van der Waals surface area contributed by atoms with Crippen LogP contribution in [0.4, 0.5) is 13.2 Å². The number of thioether (sulfide) groups is 1. The molecule has 0 spiro atoms. The van der Waals surface area contributed by atoms with Crippen molar-refractivity contribution in [2.45, 2.75) is 34.7 Å².